The van der Waals surface area contributed by atoms with Crippen LogP contribution in [0.15, 0.2) is 41.3 Å². The van der Waals surface area contributed by atoms with Crippen molar-refractivity contribution in [1.82, 2.24) is 4.31 Å². The summed E-state index contributed by atoms with van der Waals surface area (Å²) >= 11 is 0. The Kier molecular flexibility index (Phi) is 6.51. The minimum absolute atomic E-state index is 0.0217. The van der Waals surface area contributed by atoms with Crippen molar-refractivity contribution < 1.29 is 32.6 Å². The normalized spacial score (nSPS) is 21.0. The van der Waals surface area contributed by atoms with Crippen molar-refractivity contribution in [2.75, 3.05) is 13.7 Å². The van der Waals surface area contributed by atoms with Crippen LogP contribution in [-0.4, -0.2) is 55.1 Å². The maximum atomic E-state index is 13.2. The fourth-order valence-electron chi connectivity index (χ4n) is 2.87. The van der Waals surface area contributed by atoms with Crippen molar-refractivity contribution in [3.05, 3.63) is 36.4 Å². The SMILES string of the molecule is COc1ccc(S(=O)(=O)N2CC=CCC(C(=O)O)C2C(=O)OC(C)(C)C)cc1. The molecule has 1 aliphatic heterocycles. The lowest BCUT2D eigenvalue weighted by molar-refractivity contribution is -0.165. The Morgan fingerprint density at radius 2 is 1.75 bits per heavy atom. The molecule has 1 aliphatic rings. The van der Waals surface area contributed by atoms with Gasteiger partial charge in [-0.05, 0) is 51.5 Å². The maximum Gasteiger partial charge on any atom is 0.325 e. The summed E-state index contributed by atoms with van der Waals surface area (Å²) in [5.41, 5.74) is -0.893. The number of sulfonamides is 1. The smallest absolute Gasteiger partial charge is 0.325 e. The van der Waals surface area contributed by atoms with E-state index >= 15 is 0 Å². The predicted octanol–water partition coefficient (Wildman–Crippen LogP) is 2.06. The van der Waals surface area contributed by atoms with Crippen molar-refractivity contribution in [3.8, 4) is 5.75 Å². The van der Waals surface area contributed by atoms with Gasteiger partial charge in [0, 0.05) is 6.54 Å². The van der Waals surface area contributed by atoms with E-state index in [1.165, 1.54) is 31.4 Å². The van der Waals surface area contributed by atoms with Gasteiger partial charge in [-0.1, -0.05) is 12.2 Å². The van der Waals surface area contributed by atoms with Crippen LogP contribution in [0.5, 0.6) is 5.75 Å². The van der Waals surface area contributed by atoms with Crippen LogP contribution < -0.4 is 4.74 Å². The van der Waals surface area contributed by atoms with Crippen molar-refractivity contribution in [1.29, 1.82) is 0 Å². The molecule has 2 unspecified atom stereocenters. The number of carboxylic acid groups (broad SMARTS) is 1. The summed E-state index contributed by atoms with van der Waals surface area (Å²) in [6, 6.07) is 4.18. The van der Waals surface area contributed by atoms with E-state index in [4.69, 9.17) is 9.47 Å². The second kappa shape index (κ2) is 8.32. The second-order valence-corrected chi connectivity index (χ2v) is 9.27. The minimum atomic E-state index is -4.16. The first-order valence-electron chi connectivity index (χ1n) is 8.74. The molecule has 1 heterocycles. The molecule has 0 aliphatic carbocycles. The number of hydrogen-bond donors (Lipinski definition) is 1. The number of aliphatic carboxylic acids is 1. The first-order valence-corrected chi connectivity index (χ1v) is 10.2. The number of ether oxygens (including phenoxy) is 2. The van der Waals surface area contributed by atoms with Crippen LogP contribution in [-0.2, 0) is 24.3 Å². The summed E-state index contributed by atoms with van der Waals surface area (Å²) in [5.74, 6) is -2.94. The average Bonchev–Trinajstić information content (AvgIpc) is 2.83. The molecule has 8 nitrogen and oxygen atoms in total. The molecule has 0 fully saturated rings. The Hall–Kier alpha value is -2.39. The molecule has 1 aromatic carbocycles. The molecule has 154 valence electrons. The van der Waals surface area contributed by atoms with E-state index in [1.54, 1.807) is 32.9 Å². The highest BCUT2D eigenvalue weighted by atomic mass is 32.2. The number of nitrogens with zero attached hydrogens (tertiary/aromatic N) is 1. The molecule has 0 radical (unpaired) electrons. The van der Waals surface area contributed by atoms with E-state index in [0.717, 1.165) is 4.31 Å². The number of benzene rings is 1. The fraction of sp³-hybridized carbons (Fsp3) is 0.474. The quantitative estimate of drug-likeness (QED) is 0.583. The Labute approximate surface area is 164 Å². The van der Waals surface area contributed by atoms with E-state index < -0.39 is 39.5 Å². The highest BCUT2D eigenvalue weighted by molar-refractivity contribution is 7.89. The number of carbonyl (C=O) groups is 2. The van der Waals surface area contributed by atoms with Crippen LogP contribution in [0.25, 0.3) is 0 Å². The van der Waals surface area contributed by atoms with Crippen LogP contribution >= 0.6 is 0 Å². The van der Waals surface area contributed by atoms with Crippen LogP contribution in [0.2, 0.25) is 0 Å². The molecular weight excluding hydrogens is 386 g/mol. The largest absolute Gasteiger partial charge is 0.497 e. The Morgan fingerprint density at radius 1 is 1.14 bits per heavy atom. The average molecular weight is 411 g/mol. The number of carbonyl (C=O) groups excluding carboxylic acids is 1. The predicted molar refractivity (Wildman–Crippen MR) is 101 cm³/mol. The third kappa shape index (κ3) is 4.90. The van der Waals surface area contributed by atoms with Gasteiger partial charge in [0.15, 0.2) is 0 Å². The van der Waals surface area contributed by atoms with Gasteiger partial charge in [0.05, 0.1) is 17.9 Å². The molecule has 0 spiro atoms. The summed E-state index contributed by atoms with van der Waals surface area (Å²) in [6.45, 7) is 4.77. The number of hydrogen-bond acceptors (Lipinski definition) is 6. The molecule has 1 N–H and O–H groups in total. The van der Waals surface area contributed by atoms with E-state index in [1.807, 2.05) is 0 Å². The molecule has 2 rings (SSSR count). The lowest BCUT2D eigenvalue weighted by Gasteiger charge is -2.33. The van der Waals surface area contributed by atoms with Gasteiger partial charge >= 0.3 is 11.9 Å². The lowest BCUT2D eigenvalue weighted by atomic mass is 9.96. The van der Waals surface area contributed by atoms with Crippen molar-refractivity contribution in [2.24, 2.45) is 5.92 Å². The molecule has 9 heteroatoms. The van der Waals surface area contributed by atoms with Gasteiger partial charge in [-0.15, -0.1) is 0 Å². The molecule has 0 bridgehead atoms. The zero-order valence-electron chi connectivity index (χ0n) is 16.3. The Bertz CT molecular complexity index is 853. The summed E-state index contributed by atoms with van der Waals surface area (Å²) in [7, 11) is -2.71. The monoisotopic (exact) mass is 411 g/mol. The van der Waals surface area contributed by atoms with Crippen LogP contribution in [0.1, 0.15) is 27.2 Å². The summed E-state index contributed by atoms with van der Waals surface area (Å²) in [6.07, 6.45) is 3.13. The van der Waals surface area contributed by atoms with Crippen LogP contribution in [0.4, 0.5) is 0 Å². The van der Waals surface area contributed by atoms with Crippen molar-refractivity contribution in [2.45, 2.75) is 43.7 Å². The molecule has 28 heavy (non-hydrogen) atoms. The van der Waals surface area contributed by atoms with Gasteiger partial charge in [0.25, 0.3) is 0 Å². The molecule has 0 aromatic heterocycles. The topological polar surface area (TPSA) is 110 Å². The molecule has 1 aromatic rings. The summed E-state index contributed by atoms with van der Waals surface area (Å²) in [5, 5.41) is 9.62. The molecule has 0 saturated carbocycles. The summed E-state index contributed by atoms with van der Waals surface area (Å²) in [4.78, 5) is 24.6. The number of rotatable bonds is 5. The molecule has 0 amide bonds. The zero-order chi connectivity index (χ0) is 21.1. The first kappa shape index (κ1) is 21.9. The molecule has 0 saturated heterocycles. The third-order valence-corrected chi connectivity index (χ3v) is 6.03. The minimum Gasteiger partial charge on any atom is -0.497 e. The van der Waals surface area contributed by atoms with Gasteiger partial charge < -0.3 is 14.6 Å². The number of carboxylic acids is 1. The highest BCUT2D eigenvalue weighted by Gasteiger charge is 2.46. The van der Waals surface area contributed by atoms with E-state index in [9.17, 15) is 23.1 Å². The Morgan fingerprint density at radius 3 is 2.25 bits per heavy atom. The number of methoxy groups -OCH3 is 1. The molecular formula is C19H25NO7S. The van der Waals surface area contributed by atoms with Gasteiger partial charge in [0.2, 0.25) is 10.0 Å². The van der Waals surface area contributed by atoms with Gasteiger partial charge in [-0.25, -0.2) is 8.42 Å². The number of allylic oxidation sites excluding steroid dienone is 1. The highest BCUT2D eigenvalue weighted by Crippen LogP contribution is 2.29. The lowest BCUT2D eigenvalue weighted by Crippen LogP contribution is -2.52. The maximum absolute atomic E-state index is 13.2. The van der Waals surface area contributed by atoms with Crippen molar-refractivity contribution >= 4 is 22.0 Å². The molecule has 2 atom stereocenters. The standard InChI is InChI=1S/C19H25NO7S/c1-19(2,3)27-18(23)16-15(17(21)22)7-5-6-12-20(16)28(24,25)14-10-8-13(26-4)9-11-14/h5-6,8-11,15-16H,7,12H2,1-4H3,(H,21,22). The van der Waals surface area contributed by atoms with E-state index in [-0.39, 0.29) is 17.9 Å². The first-order chi connectivity index (χ1) is 13.0. The second-order valence-electron chi connectivity index (χ2n) is 7.38. The fourth-order valence-corrected chi connectivity index (χ4v) is 4.44. The van der Waals surface area contributed by atoms with Gasteiger partial charge in [-0.3, -0.25) is 9.59 Å². The van der Waals surface area contributed by atoms with E-state index in [2.05, 4.69) is 0 Å². The van der Waals surface area contributed by atoms with Crippen LogP contribution in [0.3, 0.4) is 0 Å². The van der Waals surface area contributed by atoms with Gasteiger partial charge in [0.1, 0.15) is 17.4 Å². The van der Waals surface area contributed by atoms with Crippen LogP contribution in [0, 0.1) is 5.92 Å². The zero-order valence-corrected chi connectivity index (χ0v) is 17.1. The third-order valence-electron chi connectivity index (χ3n) is 4.16. The van der Waals surface area contributed by atoms with Crippen molar-refractivity contribution in [3.63, 3.8) is 0 Å². The Balaban J connectivity index is 2.52. The summed E-state index contributed by atoms with van der Waals surface area (Å²) < 4.78 is 37.8. The van der Waals surface area contributed by atoms with Gasteiger partial charge in [-0.2, -0.15) is 4.31 Å². The van der Waals surface area contributed by atoms with E-state index in [0.29, 0.717) is 5.75 Å². The number of esters is 1.